The number of benzene rings is 1. The van der Waals surface area contributed by atoms with Crippen LogP contribution in [0.2, 0.25) is 0 Å². The van der Waals surface area contributed by atoms with Crippen LogP contribution in [-0.2, 0) is 4.74 Å². The van der Waals surface area contributed by atoms with Crippen LogP contribution in [0.25, 0.3) is 16.6 Å². The Morgan fingerprint density at radius 3 is 2.65 bits per heavy atom. The molecule has 1 saturated heterocycles. The van der Waals surface area contributed by atoms with E-state index < -0.39 is 11.4 Å². The maximum atomic E-state index is 13.6. The van der Waals surface area contributed by atoms with E-state index in [-0.39, 0.29) is 17.6 Å². The average molecular weight is 423 g/mol. The lowest BCUT2D eigenvalue weighted by Crippen LogP contribution is -2.41. The van der Waals surface area contributed by atoms with E-state index in [9.17, 15) is 14.0 Å². The van der Waals surface area contributed by atoms with Crippen LogP contribution in [-0.4, -0.2) is 45.5 Å². The van der Waals surface area contributed by atoms with Crippen molar-refractivity contribution in [3.63, 3.8) is 0 Å². The monoisotopic (exact) mass is 423 g/mol. The Labute approximate surface area is 180 Å². The number of hydrogen-bond acceptors (Lipinski definition) is 4. The van der Waals surface area contributed by atoms with Gasteiger partial charge >= 0.3 is 6.09 Å². The second-order valence-electron chi connectivity index (χ2n) is 8.91. The fraction of sp³-hybridized carbons (Fsp3) is 0.375. The Hall–Kier alpha value is -3.22. The zero-order chi connectivity index (χ0) is 22.2. The van der Waals surface area contributed by atoms with E-state index in [2.05, 4.69) is 4.98 Å². The van der Waals surface area contributed by atoms with Gasteiger partial charge in [-0.3, -0.25) is 9.78 Å². The Balaban J connectivity index is 1.64. The van der Waals surface area contributed by atoms with Crippen molar-refractivity contribution in [3.8, 4) is 5.69 Å². The highest BCUT2D eigenvalue weighted by atomic mass is 19.1. The maximum absolute atomic E-state index is 13.6. The molecule has 0 spiro atoms. The SMILES string of the molecule is CC(C)(C)OC(=O)N1CCC(c2cn(-c3ccc(F)cc3C=O)c3cnccc23)CC1. The number of ether oxygens (including phenoxy) is 1. The van der Waals surface area contributed by atoms with Crippen molar-refractivity contribution in [2.45, 2.75) is 45.1 Å². The van der Waals surface area contributed by atoms with Crippen LogP contribution in [0.3, 0.4) is 0 Å². The van der Waals surface area contributed by atoms with Crippen LogP contribution in [0.4, 0.5) is 9.18 Å². The average Bonchev–Trinajstić information content (AvgIpc) is 3.12. The highest BCUT2D eigenvalue weighted by Crippen LogP contribution is 2.36. The molecule has 6 nitrogen and oxygen atoms in total. The second kappa shape index (κ2) is 8.13. The van der Waals surface area contributed by atoms with Crippen LogP contribution in [0.15, 0.2) is 42.9 Å². The molecule has 4 rings (SSSR count). The van der Waals surface area contributed by atoms with Gasteiger partial charge in [-0.05, 0) is 69.4 Å². The minimum atomic E-state index is -0.514. The normalized spacial score (nSPS) is 15.3. The smallest absolute Gasteiger partial charge is 0.410 e. The zero-order valence-corrected chi connectivity index (χ0v) is 18.0. The Morgan fingerprint density at radius 1 is 1.23 bits per heavy atom. The maximum Gasteiger partial charge on any atom is 0.410 e. The van der Waals surface area contributed by atoms with Gasteiger partial charge in [-0.15, -0.1) is 0 Å². The fourth-order valence-electron chi connectivity index (χ4n) is 4.16. The number of carbonyl (C=O) groups is 2. The van der Waals surface area contributed by atoms with Crippen molar-refractivity contribution in [2.24, 2.45) is 0 Å². The molecule has 1 aromatic carbocycles. The Bertz CT molecular complexity index is 1120. The highest BCUT2D eigenvalue weighted by molar-refractivity contribution is 5.88. The van der Waals surface area contributed by atoms with Gasteiger partial charge in [0.05, 0.1) is 17.4 Å². The fourth-order valence-corrected chi connectivity index (χ4v) is 4.16. The molecule has 1 aliphatic rings. The molecule has 2 aromatic heterocycles. The van der Waals surface area contributed by atoms with E-state index >= 15 is 0 Å². The standard InChI is InChI=1S/C24H26FN3O3/c1-24(2,3)31-23(30)27-10-7-16(8-11-27)20-14-28(22-13-26-9-6-19(20)22)21-5-4-18(25)12-17(21)15-29/h4-6,9,12-16H,7-8,10-11H2,1-3H3. The summed E-state index contributed by atoms with van der Waals surface area (Å²) in [4.78, 5) is 29.9. The first kappa shape index (κ1) is 21.0. The molecule has 162 valence electrons. The zero-order valence-electron chi connectivity index (χ0n) is 18.0. The second-order valence-corrected chi connectivity index (χ2v) is 8.91. The molecular weight excluding hydrogens is 397 g/mol. The summed E-state index contributed by atoms with van der Waals surface area (Å²) in [5.41, 5.74) is 2.39. The summed E-state index contributed by atoms with van der Waals surface area (Å²) in [5.74, 6) is -0.194. The molecule has 7 heteroatoms. The molecule has 1 amide bonds. The summed E-state index contributed by atoms with van der Waals surface area (Å²) in [6, 6.07) is 6.17. The lowest BCUT2D eigenvalue weighted by molar-refractivity contribution is 0.0205. The summed E-state index contributed by atoms with van der Waals surface area (Å²) < 4.78 is 21.0. The van der Waals surface area contributed by atoms with Gasteiger partial charge in [0.25, 0.3) is 0 Å². The number of aldehydes is 1. The number of rotatable bonds is 3. The van der Waals surface area contributed by atoms with Crippen LogP contribution >= 0.6 is 0 Å². The van der Waals surface area contributed by atoms with E-state index in [1.165, 1.54) is 12.1 Å². The molecule has 1 aliphatic heterocycles. The largest absolute Gasteiger partial charge is 0.444 e. The number of nitrogens with zero attached hydrogens (tertiary/aromatic N) is 3. The molecule has 0 radical (unpaired) electrons. The minimum Gasteiger partial charge on any atom is -0.444 e. The first-order valence-electron chi connectivity index (χ1n) is 10.4. The number of pyridine rings is 1. The molecule has 3 heterocycles. The first-order chi connectivity index (χ1) is 14.8. The molecule has 31 heavy (non-hydrogen) atoms. The summed E-state index contributed by atoms with van der Waals surface area (Å²) in [6.07, 6.45) is 7.53. The summed E-state index contributed by atoms with van der Waals surface area (Å²) in [6.45, 7) is 6.83. The van der Waals surface area contributed by atoms with Crippen LogP contribution in [0.1, 0.15) is 55.5 Å². The van der Waals surface area contributed by atoms with E-state index in [0.29, 0.717) is 25.1 Å². The van der Waals surface area contributed by atoms with Crippen molar-refractivity contribution in [2.75, 3.05) is 13.1 Å². The topological polar surface area (TPSA) is 64.4 Å². The van der Waals surface area contributed by atoms with Crippen LogP contribution in [0.5, 0.6) is 0 Å². The summed E-state index contributed by atoms with van der Waals surface area (Å²) in [7, 11) is 0. The molecular formula is C24H26FN3O3. The van der Waals surface area contributed by atoms with Gasteiger partial charge in [-0.25, -0.2) is 9.18 Å². The number of likely N-dealkylation sites (tertiary alicyclic amines) is 1. The van der Waals surface area contributed by atoms with E-state index in [1.54, 1.807) is 23.4 Å². The number of carbonyl (C=O) groups excluding carboxylic acids is 2. The van der Waals surface area contributed by atoms with Gasteiger partial charge in [0.15, 0.2) is 6.29 Å². The van der Waals surface area contributed by atoms with Crippen molar-refractivity contribution in [1.29, 1.82) is 0 Å². The van der Waals surface area contributed by atoms with E-state index in [0.717, 1.165) is 29.3 Å². The third-order valence-electron chi connectivity index (χ3n) is 5.60. The summed E-state index contributed by atoms with van der Waals surface area (Å²) in [5, 5.41) is 1.05. The minimum absolute atomic E-state index is 0.255. The van der Waals surface area contributed by atoms with Crippen molar-refractivity contribution in [1.82, 2.24) is 14.5 Å². The molecule has 0 atom stereocenters. The molecule has 3 aromatic rings. The molecule has 0 saturated carbocycles. The molecule has 0 bridgehead atoms. The van der Waals surface area contributed by atoms with E-state index in [4.69, 9.17) is 4.74 Å². The van der Waals surface area contributed by atoms with Gasteiger partial charge in [0, 0.05) is 36.4 Å². The third kappa shape index (κ3) is 4.31. The quantitative estimate of drug-likeness (QED) is 0.551. The van der Waals surface area contributed by atoms with Crippen LogP contribution < -0.4 is 0 Å². The number of halogens is 1. The number of fused-ring (bicyclic) bond motifs is 1. The van der Waals surface area contributed by atoms with E-state index in [1.807, 2.05) is 37.6 Å². The highest BCUT2D eigenvalue weighted by Gasteiger charge is 2.29. The third-order valence-corrected chi connectivity index (χ3v) is 5.60. The van der Waals surface area contributed by atoms with Gasteiger partial charge in [-0.1, -0.05) is 0 Å². The van der Waals surface area contributed by atoms with Crippen molar-refractivity contribution < 1.29 is 18.7 Å². The number of hydrogen-bond donors (Lipinski definition) is 0. The predicted molar refractivity (Wildman–Crippen MR) is 116 cm³/mol. The Morgan fingerprint density at radius 2 is 1.97 bits per heavy atom. The molecule has 0 aliphatic carbocycles. The van der Waals surface area contributed by atoms with Crippen LogP contribution in [0, 0.1) is 5.82 Å². The Kier molecular flexibility index (Phi) is 5.52. The molecule has 1 fully saturated rings. The van der Waals surface area contributed by atoms with Gasteiger partial charge in [0.1, 0.15) is 11.4 Å². The first-order valence-corrected chi connectivity index (χ1v) is 10.4. The summed E-state index contributed by atoms with van der Waals surface area (Å²) >= 11 is 0. The molecule has 0 unspecified atom stereocenters. The number of piperidine rings is 1. The molecule has 0 N–H and O–H groups in total. The van der Waals surface area contributed by atoms with Crippen molar-refractivity contribution >= 4 is 23.3 Å². The number of amides is 1. The predicted octanol–water partition coefficient (Wildman–Crippen LogP) is 5.09. The van der Waals surface area contributed by atoms with Gasteiger partial charge < -0.3 is 14.2 Å². The lowest BCUT2D eigenvalue weighted by Gasteiger charge is -2.33. The number of aromatic nitrogens is 2. The van der Waals surface area contributed by atoms with Gasteiger partial charge in [0.2, 0.25) is 0 Å². The van der Waals surface area contributed by atoms with Crippen molar-refractivity contribution in [3.05, 3.63) is 59.8 Å². The van der Waals surface area contributed by atoms with Gasteiger partial charge in [-0.2, -0.15) is 0 Å². The lowest BCUT2D eigenvalue weighted by atomic mass is 9.89.